The summed E-state index contributed by atoms with van der Waals surface area (Å²) in [4.78, 5) is 26.4. The van der Waals surface area contributed by atoms with Gasteiger partial charge in [-0.05, 0) is 55.7 Å². The molecule has 1 fully saturated rings. The van der Waals surface area contributed by atoms with Crippen LogP contribution in [-0.4, -0.2) is 11.8 Å². The molecular formula is C18H18N2O2S. The van der Waals surface area contributed by atoms with Crippen molar-refractivity contribution >= 4 is 34.5 Å². The molecule has 0 radical (unpaired) electrons. The highest BCUT2D eigenvalue weighted by atomic mass is 32.1. The summed E-state index contributed by atoms with van der Waals surface area (Å²) in [5, 5.41) is 5.88. The van der Waals surface area contributed by atoms with Crippen molar-refractivity contribution in [2.24, 2.45) is 5.92 Å². The lowest BCUT2D eigenvalue weighted by atomic mass is 10.0. The van der Waals surface area contributed by atoms with Gasteiger partial charge in [0.25, 0.3) is 0 Å². The van der Waals surface area contributed by atoms with Crippen LogP contribution in [-0.2, 0) is 16.0 Å². The zero-order valence-corrected chi connectivity index (χ0v) is 13.7. The number of carbonyl (C=O) groups is 2. The normalized spacial score (nSPS) is 22.2. The number of aryl methyl sites for hydroxylation is 2. The van der Waals surface area contributed by atoms with Crippen molar-refractivity contribution in [2.75, 3.05) is 10.6 Å². The molecule has 0 saturated heterocycles. The summed E-state index contributed by atoms with van der Waals surface area (Å²) in [6.45, 7) is 2.09. The molecule has 1 aromatic carbocycles. The third-order valence-corrected chi connectivity index (χ3v) is 5.65. The molecular weight excluding hydrogens is 308 g/mol. The van der Waals surface area contributed by atoms with Crippen LogP contribution < -0.4 is 10.6 Å². The number of anilines is 2. The van der Waals surface area contributed by atoms with Crippen LogP contribution in [0.4, 0.5) is 11.4 Å². The molecule has 1 saturated carbocycles. The second-order valence-corrected chi connectivity index (χ2v) is 7.63. The molecule has 5 heteroatoms. The molecule has 2 N–H and O–H groups in total. The molecule has 118 valence electrons. The van der Waals surface area contributed by atoms with Crippen LogP contribution in [0.3, 0.4) is 0 Å². The maximum Gasteiger partial charge on any atom is 0.228 e. The summed E-state index contributed by atoms with van der Waals surface area (Å²) in [7, 11) is 0. The zero-order valence-electron chi connectivity index (χ0n) is 12.9. The molecule has 0 spiro atoms. The minimum Gasteiger partial charge on any atom is -0.326 e. The Hall–Kier alpha value is -2.14. The van der Waals surface area contributed by atoms with Crippen molar-refractivity contribution in [3.05, 3.63) is 45.6 Å². The fourth-order valence-electron chi connectivity index (χ4n) is 3.15. The predicted molar refractivity (Wildman–Crippen MR) is 91.9 cm³/mol. The lowest BCUT2D eigenvalue weighted by Crippen LogP contribution is -2.20. The first-order valence-corrected chi connectivity index (χ1v) is 8.72. The Labute approximate surface area is 138 Å². The maximum atomic E-state index is 12.4. The van der Waals surface area contributed by atoms with Gasteiger partial charge < -0.3 is 10.6 Å². The first-order valence-electron chi connectivity index (χ1n) is 7.90. The molecule has 0 unspecified atom stereocenters. The fourth-order valence-corrected chi connectivity index (χ4v) is 4.20. The van der Waals surface area contributed by atoms with E-state index in [-0.39, 0.29) is 17.7 Å². The van der Waals surface area contributed by atoms with E-state index < -0.39 is 0 Å². The number of rotatable bonds is 3. The lowest BCUT2D eigenvalue weighted by molar-refractivity contribution is -0.117. The van der Waals surface area contributed by atoms with Crippen LogP contribution in [0.25, 0.3) is 0 Å². The van der Waals surface area contributed by atoms with Gasteiger partial charge in [-0.3, -0.25) is 9.59 Å². The van der Waals surface area contributed by atoms with Crippen molar-refractivity contribution < 1.29 is 9.59 Å². The predicted octanol–water partition coefficient (Wildman–Crippen LogP) is 3.68. The van der Waals surface area contributed by atoms with Gasteiger partial charge in [-0.15, -0.1) is 11.3 Å². The number of nitrogens with one attached hydrogen (secondary N) is 2. The average Bonchev–Trinajstić information content (AvgIpc) is 3.22. The summed E-state index contributed by atoms with van der Waals surface area (Å²) in [6, 6.07) is 9.95. The number of amides is 2. The van der Waals surface area contributed by atoms with Gasteiger partial charge >= 0.3 is 0 Å². The second-order valence-electron chi connectivity index (χ2n) is 6.31. The van der Waals surface area contributed by atoms with Crippen LogP contribution in [0.2, 0.25) is 0 Å². The first kappa shape index (κ1) is 14.5. The van der Waals surface area contributed by atoms with E-state index in [9.17, 15) is 9.59 Å². The molecule has 0 bridgehead atoms. The highest BCUT2D eigenvalue weighted by Crippen LogP contribution is 2.50. The number of hydrogen-bond acceptors (Lipinski definition) is 3. The van der Waals surface area contributed by atoms with E-state index >= 15 is 0 Å². The molecule has 23 heavy (non-hydrogen) atoms. The molecule has 2 amide bonds. The Bertz CT molecular complexity index is 796. The lowest BCUT2D eigenvalue weighted by Gasteiger charge is -2.17. The minimum atomic E-state index is 0.0568. The quantitative estimate of drug-likeness (QED) is 0.904. The fraction of sp³-hybridized carbons (Fsp3) is 0.333. The molecule has 4 nitrogen and oxygen atoms in total. The molecule has 1 aromatic heterocycles. The zero-order chi connectivity index (χ0) is 16.0. The van der Waals surface area contributed by atoms with Gasteiger partial charge in [0.15, 0.2) is 0 Å². The number of hydrogen-bond donors (Lipinski definition) is 2. The summed E-state index contributed by atoms with van der Waals surface area (Å²) >= 11 is 1.78. The Balaban J connectivity index is 1.43. The summed E-state index contributed by atoms with van der Waals surface area (Å²) < 4.78 is 0. The van der Waals surface area contributed by atoms with Crippen LogP contribution in [0.5, 0.6) is 0 Å². The van der Waals surface area contributed by atoms with E-state index in [0.717, 1.165) is 29.8 Å². The largest absolute Gasteiger partial charge is 0.326 e. The third-order valence-electron chi connectivity index (χ3n) is 4.52. The molecule has 2 atom stereocenters. The molecule has 1 aliphatic heterocycles. The average molecular weight is 326 g/mol. The Morgan fingerprint density at radius 2 is 2.13 bits per heavy atom. The SMILES string of the molecule is Cc1ccc([C@@H]2C[C@@H]2C(=O)Nc2ccc3c(c2)CCC(=O)N3)s1. The first-order chi connectivity index (χ1) is 11.1. The van der Waals surface area contributed by atoms with Crippen molar-refractivity contribution in [2.45, 2.75) is 32.1 Å². The van der Waals surface area contributed by atoms with Gasteiger partial charge in [-0.25, -0.2) is 0 Å². The maximum absolute atomic E-state index is 12.4. The third kappa shape index (κ3) is 2.88. The number of thiophene rings is 1. The van der Waals surface area contributed by atoms with Crippen LogP contribution in [0, 0.1) is 12.8 Å². The molecule has 2 aromatic rings. The smallest absolute Gasteiger partial charge is 0.228 e. The summed E-state index contributed by atoms with van der Waals surface area (Å²) in [6.07, 6.45) is 2.17. The van der Waals surface area contributed by atoms with Gasteiger partial charge in [0, 0.05) is 39.4 Å². The number of fused-ring (bicyclic) bond motifs is 1. The second kappa shape index (κ2) is 5.49. The monoisotopic (exact) mass is 326 g/mol. The Morgan fingerprint density at radius 3 is 2.91 bits per heavy atom. The van der Waals surface area contributed by atoms with Gasteiger partial charge in [0.1, 0.15) is 0 Å². The number of benzene rings is 1. The Kier molecular flexibility index (Phi) is 3.45. The van der Waals surface area contributed by atoms with Gasteiger partial charge in [-0.1, -0.05) is 0 Å². The summed E-state index contributed by atoms with van der Waals surface area (Å²) in [5.41, 5.74) is 2.76. The van der Waals surface area contributed by atoms with Crippen molar-refractivity contribution in [1.82, 2.24) is 0 Å². The molecule has 2 aliphatic rings. The van der Waals surface area contributed by atoms with Crippen molar-refractivity contribution in [3.8, 4) is 0 Å². The van der Waals surface area contributed by atoms with Crippen molar-refractivity contribution in [1.29, 1.82) is 0 Å². The van der Waals surface area contributed by atoms with Crippen LogP contribution in [0.1, 0.15) is 34.1 Å². The van der Waals surface area contributed by atoms with Gasteiger partial charge in [0.2, 0.25) is 11.8 Å². The van der Waals surface area contributed by atoms with E-state index in [2.05, 4.69) is 29.7 Å². The highest BCUT2D eigenvalue weighted by Gasteiger charge is 2.44. The van der Waals surface area contributed by atoms with Crippen molar-refractivity contribution in [3.63, 3.8) is 0 Å². The van der Waals surface area contributed by atoms with Crippen LogP contribution >= 0.6 is 11.3 Å². The van der Waals surface area contributed by atoms with E-state index in [1.165, 1.54) is 9.75 Å². The van der Waals surface area contributed by atoms with E-state index in [4.69, 9.17) is 0 Å². The highest BCUT2D eigenvalue weighted by molar-refractivity contribution is 7.12. The molecule has 2 heterocycles. The van der Waals surface area contributed by atoms with Gasteiger partial charge in [-0.2, -0.15) is 0 Å². The topological polar surface area (TPSA) is 58.2 Å². The summed E-state index contributed by atoms with van der Waals surface area (Å²) in [5.74, 6) is 0.622. The Morgan fingerprint density at radius 1 is 1.26 bits per heavy atom. The van der Waals surface area contributed by atoms with Gasteiger partial charge in [0.05, 0.1) is 0 Å². The number of carbonyl (C=O) groups excluding carboxylic acids is 2. The molecule has 1 aliphatic carbocycles. The van der Waals surface area contributed by atoms with E-state index in [0.29, 0.717) is 12.3 Å². The standard InChI is InChI=1S/C18H18N2O2S/c1-10-2-6-16(23-10)13-9-14(13)18(22)19-12-4-5-15-11(8-12)3-7-17(21)20-15/h2,4-6,8,13-14H,3,7,9H2,1H3,(H,19,22)(H,20,21)/t13-,14+/m1/s1. The van der Waals surface area contributed by atoms with E-state index in [1.54, 1.807) is 11.3 Å². The van der Waals surface area contributed by atoms with E-state index in [1.807, 2.05) is 18.2 Å². The molecule has 4 rings (SSSR count). The minimum absolute atomic E-state index is 0.0568. The van der Waals surface area contributed by atoms with Crippen LogP contribution in [0.15, 0.2) is 30.3 Å².